The summed E-state index contributed by atoms with van der Waals surface area (Å²) in [6, 6.07) is 12.1. The SMILES string of the molecule is C[C@H]1[C@@H](CF)CN1C(=O)c1c(-c2ncccn2)nn2ccc(-c3ccc(C4CCCCC4)cc3)nc12. The maximum Gasteiger partial charge on any atom is 0.260 e. The second-order valence-corrected chi connectivity index (χ2v) is 9.95. The van der Waals surface area contributed by atoms with Gasteiger partial charge in [0.05, 0.1) is 12.4 Å². The second kappa shape index (κ2) is 9.41. The van der Waals surface area contributed by atoms with Gasteiger partial charge in [-0.15, -0.1) is 0 Å². The molecule has 0 unspecified atom stereocenters. The predicted molar refractivity (Wildman–Crippen MR) is 135 cm³/mol. The normalized spacial score (nSPS) is 20.4. The maximum atomic E-state index is 13.7. The highest BCUT2D eigenvalue weighted by Gasteiger charge is 2.41. The first-order valence-corrected chi connectivity index (χ1v) is 12.8. The number of aromatic nitrogens is 5. The Morgan fingerprint density at radius 1 is 1.06 bits per heavy atom. The van der Waals surface area contributed by atoms with Gasteiger partial charge in [-0.1, -0.05) is 43.5 Å². The third-order valence-electron chi connectivity index (χ3n) is 7.82. The molecular weight excluding hydrogens is 455 g/mol. The van der Waals surface area contributed by atoms with Crippen LogP contribution in [0.5, 0.6) is 0 Å². The summed E-state index contributed by atoms with van der Waals surface area (Å²) in [6.07, 6.45) is 11.5. The van der Waals surface area contributed by atoms with Crippen molar-refractivity contribution in [2.45, 2.75) is 51.0 Å². The molecule has 1 saturated carbocycles. The molecule has 0 N–H and O–H groups in total. The van der Waals surface area contributed by atoms with Crippen molar-refractivity contribution in [1.82, 2.24) is 29.5 Å². The van der Waals surface area contributed by atoms with Gasteiger partial charge in [-0.3, -0.25) is 9.18 Å². The van der Waals surface area contributed by atoms with Gasteiger partial charge in [0.1, 0.15) is 11.3 Å². The van der Waals surface area contributed by atoms with E-state index < -0.39 is 6.67 Å². The van der Waals surface area contributed by atoms with Crippen LogP contribution in [0.2, 0.25) is 0 Å². The van der Waals surface area contributed by atoms with Crippen LogP contribution in [0.25, 0.3) is 28.4 Å². The summed E-state index contributed by atoms with van der Waals surface area (Å²) >= 11 is 0. The van der Waals surface area contributed by atoms with E-state index in [1.165, 1.54) is 37.7 Å². The minimum atomic E-state index is -0.437. The van der Waals surface area contributed by atoms with Crippen molar-refractivity contribution in [1.29, 1.82) is 0 Å². The summed E-state index contributed by atoms with van der Waals surface area (Å²) in [5, 5.41) is 4.63. The molecule has 1 aliphatic heterocycles. The molecule has 1 aromatic carbocycles. The highest BCUT2D eigenvalue weighted by molar-refractivity contribution is 6.05. The number of halogens is 1. The van der Waals surface area contributed by atoms with Gasteiger partial charge in [-0.2, -0.15) is 5.10 Å². The van der Waals surface area contributed by atoms with Crippen LogP contribution >= 0.6 is 0 Å². The lowest BCUT2D eigenvalue weighted by molar-refractivity contribution is 0.0142. The van der Waals surface area contributed by atoms with Crippen LogP contribution in [0.1, 0.15) is 60.9 Å². The summed E-state index contributed by atoms with van der Waals surface area (Å²) in [4.78, 5) is 28.9. The van der Waals surface area contributed by atoms with Crippen LogP contribution in [0.15, 0.2) is 55.0 Å². The number of carbonyl (C=O) groups is 1. The molecule has 1 saturated heterocycles. The van der Waals surface area contributed by atoms with Gasteiger partial charge >= 0.3 is 0 Å². The van der Waals surface area contributed by atoms with Crippen LogP contribution in [0.4, 0.5) is 4.39 Å². The van der Waals surface area contributed by atoms with Crippen LogP contribution in [-0.4, -0.2) is 54.6 Å². The summed E-state index contributed by atoms with van der Waals surface area (Å²) < 4.78 is 14.9. The number of likely N-dealkylation sites (tertiary alicyclic amines) is 1. The van der Waals surface area contributed by atoms with Crippen molar-refractivity contribution in [2.24, 2.45) is 5.92 Å². The average Bonchev–Trinajstić information content (AvgIpc) is 3.32. The van der Waals surface area contributed by atoms with Gasteiger partial charge in [0.25, 0.3) is 5.91 Å². The molecule has 1 aliphatic carbocycles. The molecule has 0 spiro atoms. The molecular formula is C28H29FN6O. The molecule has 2 fully saturated rings. The number of nitrogens with zero attached hydrogens (tertiary/aromatic N) is 6. The lowest BCUT2D eigenvalue weighted by Gasteiger charge is -2.45. The first-order chi connectivity index (χ1) is 17.6. The second-order valence-electron chi connectivity index (χ2n) is 9.95. The van der Waals surface area contributed by atoms with E-state index in [1.54, 1.807) is 27.9 Å². The van der Waals surface area contributed by atoms with Gasteiger partial charge in [0.15, 0.2) is 11.5 Å². The number of rotatable bonds is 5. The van der Waals surface area contributed by atoms with Crippen molar-refractivity contribution in [3.05, 3.63) is 66.1 Å². The zero-order valence-electron chi connectivity index (χ0n) is 20.3. The Hall–Kier alpha value is -3.68. The fourth-order valence-corrected chi connectivity index (χ4v) is 5.50. The summed E-state index contributed by atoms with van der Waals surface area (Å²) in [5.41, 5.74) is 4.33. The topological polar surface area (TPSA) is 76.3 Å². The van der Waals surface area contributed by atoms with E-state index in [0.717, 1.165) is 11.3 Å². The van der Waals surface area contributed by atoms with E-state index in [2.05, 4.69) is 39.3 Å². The molecule has 36 heavy (non-hydrogen) atoms. The van der Waals surface area contributed by atoms with Crippen LogP contribution < -0.4 is 0 Å². The van der Waals surface area contributed by atoms with Crippen molar-refractivity contribution in [3.63, 3.8) is 0 Å². The van der Waals surface area contributed by atoms with Crippen molar-refractivity contribution < 1.29 is 9.18 Å². The van der Waals surface area contributed by atoms with Gasteiger partial charge in [0, 0.05) is 42.7 Å². The number of hydrogen-bond acceptors (Lipinski definition) is 5. The molecule has 2 aliphatic rings. The first-order valence-electron chi connectivity index (χ1n) is 12.8. The summed E-state index contributed by atoms with van der Waals surface area (Å²) in [5.74, 6) is 0.641. The molecule has 0 bridgehead atoms. The smallest absolute Gasteiger partial charge is 0.260 e. The van der Waals surface area contributed by atoms with Crippen molar-refractivity contribution >= 4 is 11.6 Å². The number of amides is 1. The van der Waals surface area contributed by atoms with Crippen molar-refractivity contribution in [3.8, 4) is 22.8 Å². The Kier molecular flexibility index (Phi) is 5.95. The van der Waals surface area contributed by atoms with Crippen LogP contribution in [-0.2, 0) is 0 Å². The Balaban J connectivity index is 1.40. The Morgan fingerprint density at radius 2 is 1.81 bits per heavy atom. The minimum Gasteiger partial charge on any atom is -0.335 e. The molecule has 4 heterocycles. The summed E-state index contributed by atoms with van der Waals surface area (Å²) in [7, 11) is 0. The molecule has 8 heteroatoms. The van der Waals surface area contributed by atoms with Gasteiger partial charge in [-0.25, -0.2) is 19.5 Å². The number of alkyl halides is 1. The van der Waals surface area contributed by atoms with E-state index in [9.17, 15) is 9.18 Å². The molecule has 0 radical (unpaired) electrons. The average molecular weight is 485 g/mol. The highest BCUT2D eigenvalue weighted by Crippen LogP contribution is 2.34. The fraction of sp³-hybridized carbons (Fsp3) is 0.393. The minimum absolute atomic E-state index is 0.140. The first kappa shape index (κ1) is 22.8. The molecule has 7 nitrogen and oxygen atoms in total. The third-order valence-corrected chi connectivity index (χ3v) is 7.82. The Bertz CT molecular complexity index is 1380. The number of hydrogen-bond donors (Lipinski definition) is 0. The summed E-state index contributed by atoms with van der Waals surface area (Å²) in [6.45, 7) is 1.82. The molecule has 3 aromatic heterocycles. The number of benzene rings is 1. The van der Waals surface area contributed by atoms with Gasteiger partial charge < -0.3 is 4.90 Å². The van der Waals surface area contributed by atoms with E-state index in [4.69, 9.17) is 4.98 Å². The van der Waals surface area contributed by atoms with Gasteiger partial charge in [-0.05, 0) is 43.4 Å². The Labute approximate surface area is 209 Å². The molecule has 4 aromatic rings. The lowest BCUT2D eigenvalue weighted by atomic mass is 9.84. The third kappa shape index (κ3) is 3.94. The number of carbonyl (C=O) groups excluding carboxylic acids is 1. The van der Waals surface area contributed by atoms with E-state index in [1.807, 2.05) is 19.2 Å². The molecule has 184 valence electrons. The standard InChI is InChI=1S/C28H29FN6O/c1-18-22(16-29)17-34(18)28(36)24-25(26-30-13-5-14-31-26)33-35-15-12-23(32-27(24)35)21-10-8-20(9-11-21)19-6-3-2-4-7-19/h5,8-15,18-19,22H,2-4,6-7,16-17H2,1H3/t18-,22-/m0/s1. The van der Waals surface area contributed by atoms with Crippen molar-refractivity contribution in [2.75, 3.05) is 13.2 Å². The zero-order valence-corrected chi connectivity index (χ0v) is 20.3. The Morgan fingerprint density at radius 3 is 2.50 bits per heavy atom. The van der Waals surface area contributed by atoms with Crippen LogP contribution in [0.3, 0.4) is 0 Å². The monoisotopic (exact) mass is 484 g/mol. The van der Waals surface area contributed by atoms with E-state index >= 15 is 0 Å². The largest absolute Gasteiger partial charge is 0.335 e. The number of fused-ring (bicyclic) bond motifs is 1. The van der Waals surface area contributed by atoms with Crippen LogP contribution in [0, 0.1) is 5.92 Å². The molecule has 2 atom stereocenters. The maximum absolute atomic E-state index is 13.7. The van der Waals surface area contributed by atoms with E-state index in [-0.39, 0.29) is 17.9 Å². The molecule has 1 amide bonds. The van der Waals surface area contributed by atoms with E-state index in [0.29, 0.717) is 35.2 Å². The fourth-order valence-electron chi connectivity index (χ4n) is 5.50. The quantitative estimate of drug-likeness (QED) is 0.383. The van der Waals surface area contributed by atoms with Gasteiger partial charge in [0.2, 0.25) is 0 Å². The predicted octanol–water partition coefficient (Wildman–Crippen LogP) is 5.33. The zero-order chi connectivity index (χ0) is 24.6. The molecule has 6 rings (SSSR count). The highest BCUT2D eigenvalue weighted by atomic mass is 19.1. The lowest BCUT2D eigenvalue weighted by Crippen LogP contribution is -2.57.